The molecule has 0 radical (unpaired) electrons. The van der Waals surface area contributed by atoms with Crippen LogP contribution in [-0.2, 0) is 6.18 Å². The molecule has 1 heterocycles. The Morgan fingerprint density at radius 3 is 2.40 bits per heavy atom. The quantitative estimate of drug-likeness (QED) is 0.715. The van der Waals surface area contributed by atoms with E-state index in [4.69, 9.17) is 16.3 Å². The molecule has 0 fully saturated rings. The summed E-state index contributed by atoms with van der Waals surface area (Å²) in [4.78, 5) is 0. The molecule has 0 bridgehead atoms. The van der Waals surface area contributed by atoms with Crippen LogP contribution in [0.3, 0.4) is 0 Å². The molecule has 6 heteroatoms. The normalized spacial score (nSPS) is 19.3. The third-order valence-corrected chi connectivity index (χ3v) is 4.22. The summed E-state index contributed by atoms with van der Waals surface area (Å²) in [6.45, 7) is 1.92. The van der Waals surface area contributed by atoms with E-state index in [1.54, 1.807) is 6.07 Å². The van der Waals surface area contributed by atoms with Crippen molar-refractivity contribution >= 4 is 11.6 Å². The molecule has 0 aromatic heterocycles. The first-order valence-corrected chi connectivity index (χ1v) is 8.36. The Kier molecular flexibility index (Phi) is 6.36. The molecule has 25 heavy (non-hydrogen) atoms. The van der Waals surface area contributed by atoms with Crippen molar-refractivity contribution in [1.82, 2.24) is 5.32 Å². The van der Waals surface area contributed by atoms with Crippen LogP contribution in [0.1, 0.15) is 36.0 Å². The maximum Gasteiger partial charge on any atom is 0.417 e. The molecule has 2 nitrogen and oxygen atoms in total. The van der Waals surface area contributed by atoms with Gasteiger partial charge in [-0.3, -0.25) is 0 Å². The van der Waals surface area contributed by atoms with Crippen molar-refractivity contribution < 1.29 is 17.9 Å². The first kappa shape index (κ1) is 19.6. The average molecular weight is 372 g/mol. The minimum absolute atomic E-state index is 0.0510. The summed E-state index contributed by atoms with van der Waals surface area (Å²) in [6.07, 6.45) is -3.87. The zero-order valence-corrected chi connectivity index (χ0v) is 15.1. The number of ether oxygens (including phenoxy) is 1. The van der Waals surface area contributed by atoms with E-state index in [0.717, 1.165) is 17.4 Å². The highest BCUT2D eigenvalue weighted by Gasteiger charge is 2.35. The highest BCUT2D eigenvalue weighted by Crippen LogP contribution is 2.43. The van der Waals surface area contributed by atoms with Crippen molar-refractivity contribution in [3.8, 4) is 5.75 Å². The molecule has 1 aliphatic rings. The third-order valence-electron chi connectivity index (χ3n) is 3.89. The van der Waals surface area contributed by atoms with Crippen LogP contribution >= 0.6 is 11.6 Å². The molecule has 2 aromatic carbocycles. The van der Waals surface area contributed by atoms with E-state index in [0.29, 0.717) is 12.0 Å². The smallest absolute Gasteiger partial charge is 0.417 e. The Balaban J connectivity index is 0.000000701. The minimum Gasteiger partial charge on any atom is -0.490 e. The fourth-order valence-electron chi connectivity index (χ4n) is 2.89. The number of benzene rings is 2. The van der Waals surface area contributed by atoms with Gasteiger partial charge in [0.25, 0.3) is 0 Å². The average Bonchev–Trinajstić information content (AvgIpc) is 2.54. The lowest BCUT2D eigenvalue weighted by Crippen LogP contribution is -2.23. The summed E-state index contributed by atoms with van der Waals surface area (Å²) in [5, 5.41) is 2.48. The molecule has 0 saturated heterocycles. The summed E-state index contributed by atoms with van der Waals surface area (Å²) in [7, 11) is 3.75. The predicted octanol–water partition coefficient (Wildman–Crippen LogP) is 5.50. The molecule has 2 unspecified atom stereocenters. The zero-order valence-electron chi connectivity index (χ0n) is 14.3. The SMILES string of the molecule is CC1CC(c2ccc(Cl)c(C(F)(F)F)c2)c2ccccc2O1.CNC. The van der Waals surface area contributed by atoms with E-state index >= 15 is 0 Å². The van der Waals surface area contributed by atoms with Crippen LogP contribution in [0.25, 0.3) is 0 Å². The van der Waals surface area contributed by atoms with Crippen molar-refractivity contribution in [2.45, 2.75) is 31.5 Å². The molecule has 2 aromatic rings. The van der Waals surface area contributed by atoms with Crippen LogP contribution in [0.4, 0.5) is 13.2 Å². The first-order valence-electron chi connectivity index (χ1n) is 7.98. The van der Waals surface area contributed by atoms with E-state index in [9.17, 15) is 13.2 Å². The third kappa shape index (κ3) is 4.67. The van der Waals surface area contributed by atoms with Gasteiger partial charge in [-0.1, -0.05) is 35.9 Å². The van der Waals surface area contributed by atoms with Gasteiger partial charge in [-0.2, -0.15) is 13.2 Å². The highest BCUT2D eigenvalue weighted by atomic mass is 35.5. The Labute approximate surface area is 151 Å². The van der Waals surface area contributed by atoms with E-state index < -0.39 is 11.7 Å². The summed E-state index contributed by atoms with van der Waals surface area (Å²) < 4.78 is 44.9. The lowest BCUT2D eigenvalue weighted by Gasteiger charge is -2.31. The Morgan fingerprint density at radius 2 is 1.76 bits per heavy atom. The number of para-hydroxylation sites is 1. The standard InChI is InChI=1S/C17H14ClF3O.C2H7N/c1-10-8-13(12-4-2-3-5-16(12)22-10)11-6-7-15(18)14(9-11)17(19,20)21;1-3-2/h2-7,9-10,13H,8H2,1H3;3H,1-2H3. The number of fused-ring (bicyclic) bond motifs is 1. The second-order valence-electron chi connectivity index (χ2n) is 5.99. The fourth-order valence-corrected chi connectivity index (χ4v) is 3.12. The van der Waals surface area contributed by atoms with Crippen molar-refractivity contribution in [3.05, 3.63) is 64.2 Å². The summed E-state index contributed by atoms with van der Waals surface area (Å²) in [5.41, 5.74) is 0.735. The van der Waals surface area contributed by atoms with E-state index in [1.165, 1.54) is 6.07 Å². The number of halogens is 4. The summed E-state index contributed by atoms with van der Waals surface area (Å²) in [6, 6.07) is 11.6. The number of hydrogen-bond donors (Lipinski definition) is 1. The molecule has 3 rings (SSSR count). The lowest BCUT2D eigenvalue weighted by molar-refractivity contribution is -0.137. The van der Waals surface area contributed by atoms with Crippen LogP contribution in [0.2, 0.25) is 5.02 Å². The van der Waals surface area contributed by atoms with Gasteiger partial charge < -0.3 is 10.1 Å². The molecule has 0 amide bonds. The van der Waals surface area contributed by atoms with Gasteiger partial charge in [0.05, 0.1) is 16.7 Å². The van der Waals surface area contributed by atoms with Crippen LogP contribution in [0.5, 0.6) is 5.75 Å². The van der Waals surface area contributed by atoms with Crippen LogP contribution in [0.15, 0.2) is 42.5 Å². The van der Waals surface area contributed by atoms with E-state index in [2.05, 4.69) is 5.32 Å². The van der Waals surface area contributed by atoms with Crippen molar-refractivity contribution in [2.75, 3.05) is 14.1 Å². The maximum atomic E-state index is 13.1. The van der Waals surface area contributed by atoms with Gasteiger partial charge in [-0.25, -0.2) is 0 Å². The van der Waals surface area contributed by atoms with Gasteiger partial charge in [0, 0.05) is 11.5 Å². The molecular formula is C19H21ClF3NO. The molecule has 0 spiro atoms. The second kappa shape index (κ2) is 8.11. The number of rotatable bonds is 1. The molecular weight excluding hydrogens is 351 g/mol. The lowest BCUT2D eigenvalue weighted by atomic mass is 9.84. The van der Waals surface area contributed by atoms with Crippen molar-refractivity contribution in [3.63, 3.8) is 0 Å². The largest absolute Gasteiger partial charge is 0.490 e. The Bertz CT molecular complexity index is 718. The number of alkyl halides is 3. The number of hydrogen-bond acceptors (Lipinski definition) is 2. The Morgan fingerprint density at radius 1 is 1.12 bits per heavy atom. The fraction of sp³-hybridized carbons (Fsp3) is 0.368. The van der Waals surface area contributed by atoms with Crippen LogP contribution < -0.4 is 10.1 Å². The molecule has 0 saturated carbocycles. The molecule has 1 aliphatic heterocycles. The van der Waals surface area contributed by atoms with Gasteiger partial charge >= 0.3 is 6.18 Å². The van der Waals surface area contributed by atoms with Gasteiger partial charge in [-0.15, -0.1) is 0 Å². The Hall–Kier alpha value is -1.72. The minimum atomic E-state index is -4.45. The topological polar surface area (TPSA) is 21.3 Å². The van der Waals surface area contributed by atoms with E-state index in [-0.39, 0.29) is 17.0 Å². The summed E-state index contributed by atoms with van der Waals surface area (Å²) >= 11 is 5.70. The van der Waals surface area contributed by atoms with Gasteiger partial charge in [0.2, 0.25) is 0 Å². The molecule has 136 valence electrons. The van der Waals surface area contributed by atoms with Gasteiger partial charge in [-0.05, 0) is 51.2 Å². The zero-order chi connectivity index (χ0) is 18.6. The van der Waals surface area contributed by atoms with Gasteiger partial charge in [0.15, 0.2) is 0 Å². The highest BCUT2D eigenvalue weighted by molar-refractivity contribution is 6.31. The van der Waals surface area contributed by atoms with E-state index in [1.807, 2.05) is 45.3 Å². The first-order chi connectivity index (χ1) is 11.8. The summed E-state index contributed by atoms with van der Waals surface area (Å²) in [5.74, 6) is 0.605. The van der Waals surface area contributed by atoms with Gasteiger partial charge in [0.1, 0.15) is 5.75 Å². The second-order valence-corrected chi connectivity index (χ2v) is 6.40. The van der Waals surface area contributed by atoms with Crippen LogP contribution in [0, 0.1) is 0 Å². The molecule has 2 atom stereocenters. The maximum absolute atomic E-state index is 13.1. The molecule has 1 N–H and O–H groups in total. The predicted molar refractivity (Wildman–Crippen MR) is 94.4 cm³/mol. The van der Waals surface area contributed by atoms with Crippen molar-refractivity contribution in [2.24, 2.45) is 0 Å². The number of nitrogens with one attached hydrogen (secondary N) is 1. The monoisotopic (exact) mass is 371 g/mol. The van der Waals surface area contributed by atoms with Crippen molar-refractivity contribution in [1.29, 1.82) is 0 Å². The molecule has 0 aliphatic carbocycles. The van der Waals surface area contributed by atoms with Crippen LogP contribution in [-0.4, -0.2) is 20.2 Å².